The molecule has 0 spiro atoms. The van der Waals surface area contributed by atoms with Gasteiger partial charge in [-0.15, -0.1) is 0 Å². The lowest BCUT2D eigenvalue weighted by Gasteiger charge is -2.23. The first-order chi connectivity index (χ1) is 13.2. The van der Waals surface area contributed by atoms with Crippen molar-refractivity contribution in [1.29, 1.82) is 0 Å². The number of ether oxygens (including phenoxy) is 4. The average molecular weight is 367 g/mol. The summed E-state index contributed by atoms with van der Waals surface area (Å²) < 4.78 is 21.9. The second-order valence-corrected chi connectivity index (χ2v) is 6.32. The molecule has 0 saturated carbocycles. The van der Waals surface area contributed by atoms with E-state index in [1.54, 1.807) is 38.5 Å². The van der Waals surface area contributed by atoms with Crippen molar-refractivity contribution in [2.75, 3.05) is 34.0 Å². The van der Waals surface area contributed by atoms with Crippen LogP contribution >= 0.6 is 0 Å². The standard InChI is InChI=1S/C21H21NO5/c1-24-19-9-13-5-6-22-16(15(13)11-20(19)25-2)12-17(23)14-3-4-18-21(10-14)27-8-7-26-18/h3-4,9-12,22H,5-8H2,1-2H3. The molecule has 2 heterocycles. The first-order valence-electron chi connectivity index (χ1n) is 8.84. The summed E-state index contributed by atoms with van der Waals surface area (Å²) in [6, 6.07) is 9.13. The zero-order chi connectivity index (χ0) is 18.8. The molecule has 27 heavy (non-hydrogen) atoms. The molecule has 0 radical (unpaired) electrons. The quantitative estimate of drug-likeness (QED) is 0.662. The topological polar surface area (TPSA) is 66.0 Å². The summed E-state index contributed by atoms with van der Waals surface area (Å²) in [5.74, 6) is 2.50. The minimum Gasteiger partial charge on any atom is -0.493 e. The molecule has 2 aromatic carbocycles. The van der Waals surface area contributed by atoms with Crippen molar-refractivity contribution in [2.24, 2.45) is 0 Å². The van der Waals surface area contributed by atoms with Crippen LogP contribution in [-0.4, -0.2) is 39.8 Å². The summed E-state index contributed by atoms with van der Waals surface area (Å²) in [6.07, 6.45) is 2.47. The first kappa shape index (κ1) is 17.3. The fourth-order valence-corrected chi connectivity index (χ4v) is 3.35. The van der Waals surface area contributed by atoms with Crippen molar-refractivity contribution in [1.82, 2.24) is 5.32 Å². The highest BCUT2D eigenvalue weighted by atomic mass is 16.6. The molecule has 0 aromatic heterocycles. The van der Waals surface area contributed by atoms with Gasteiger partial charge in [0, 0.05) is 29.4 Å². The Morgan fingerprint density at radius 3 is 2.56 bits per heavy atom. The Hall–Kier alpha value is -3.15. The molecular formula is C21H21NO5. The fraction of sp³-hybridized carbons (Fsp3) is 0.286. The first-order valence-corrected chi connectivity index (χ1v) is 8.84. The Bertz CT molecular complexity index is 919. The van der Waals surface area contributed by atoms with Crippen LogP contribution in [0, 0.1) is 0 Å². The van der Waals surface area contributed by atoms with Crippen molar-refractivity contribution in [3.05, 3.63) is 53.1 Å². The van der Waals surface area contributed by atoms with E-state index in [0.717, 1.165) is 29.8 Å². The van der Waals surface area contributed by atoms with Crippen LogP contribution in [0.5, 0.6) is 23.0 Å². The number of methoxy groups -OCH3 is 2. The number of rotatable bonds is 4. The molecule has 2 aromatic rings. The van der Waals surface area contributed by atoms with E-state index in [1.165, 1.54) is 0 Å². The maximum absolute atomic E-state index is 12.8. The third-order valence-electron chi connectivity index (χ3n) is 4.71. The second kappa shape index (κ2) is 7.23. The SMILES string of the molecule is COc1cc2c(cc1OC)C(=CC(=O)c1ccc3c(c1)OCCO3)NCC2. The van der Waals surface area contributed by atoms with Gasteiger partial charge in [0.05, 0.1) is 14.2 Å². The van der Waals surface area contributed by atoms with Gasteiger partial charge in [0.25, 0.3) is 0 Å². The van der Waals surface area contributed by atoms with Crippen LogP contribution in [0.15, 0.2) is 36.4 Å². The minimum atomic E-state index is -0.0999. The molecule has 0 fully saturated rings. The van der Waals surface area contributed by atoms with Crippen LogP contribution in [0.4, 0.5) is 0 Å². The zero-order valence-corrected chi connectivity index (χ0v) is 15.3. The van der Waals surface area contributed by atoms with E-state index in [1.807, 2.05) is 12.1 Å². The van der Waals surface area contributed by atoms with Crippen LogP contribution in [0.3, 0.4) is 0 Å². The number of fused-ring (bicyclic) bond motifs is 2. The van der Waals surface area contributed by atoms with Crippen molar-refractivity contribution in [2.45, 2.75) is 6.42 Å². The molecule has 2 aliphatic rings. The van der Waals surface area contributed by atoms with E-state index in [4.69, 9.17) is 18.9 Å². The summed E-state index contributed by atoms with van der Waals surface area (Å²) in [6.45, 7) is 1.77. The highest BCUT2D eigenvalue weighted by molar-refractivity contribution is 6.09. The summed E-state index contributed by atoms with van der Waals surface area (Å²) in [7, 11) is 3.22. The molecule has 1 N–H and O–H groups in total. The van der Waals surface area contributed by atoms with Crippen LogP contribution in [0.1, 0.15) is 21.5 Å². The molecule has 0 atom stereocenters. The smallest absolute Gasteiger partial charge is 0.188 e. The van der Waals surface area contributed by atoms with Gasteiger partial charge >= 0.3 is 0 Å². The Morgan fingerprint density at radius 1 is 1.04 bits per heavy atom. The number of nitrogens with one attached hydrogen (secondary N) is 1. The van der Waals surface area contributed by atoms with Gasteiger partial charge in [-0.25, -0.2) is 0 Å². The predicted octanol–water partition coefficient (Wildman–Crippen LogP) is 2.84. The number of carbonyl (C=O) groups excluding carboxylic acids is 1. The van der Waals surface area contributed by atoms with Crippen molar-refractivity contribution < 1.29 is 23.7 Å². The number of hydrogen-bond donors (Lipinski definition) is 1. The van der Waals surface area contributed by atoms with E-state index in [2.05, 4.69) is 5.32 Å². The maximum atomic E-state index is 12.8. The minimum absolute atomic E-state index is 0.0999. The number of allylic oxidation sites excluding steroid dienone is 1. The van der Waals surface area contributed by atoms with E-state index >= 15 is 0 Å². The van der Waals surface area contributed by atoms with Gasteiger partial charge < -0.3 is 24.3 Å². The molecule has 0 bridgehead atoms. The number of benzene rings is 2. The third-order valence-corrected chi connectivity index (χ3v) is 4.71. The Morgan fingerprint density at radius 2 is 1.78 bits per heavy atom. The molecule has 0 aliphatic carbocycles. The zero-order valence-electron chi connectivity index (χ0n) is 15.3. The normalized spacial score (nSPS) is 16.3. The summed E-state index contributed by atoms with van der Waals surface area (Å²) >= 11 is 0. The highest BCUT2D eigenvalue weighted by Crippen LogP contribution is 2.35. The monoisotopic (exact) mass is 367 g/mol. The fourth-order valence-electron chi connectivity index (χ4n) is 3.35. The number of carbonyl (C=O) groups is 1. The Labute approximate surface area is 157 Å². The predicted molar refractivity (Wildman–Crippen MR) is 101 cm³/mol. The second-order valence-electron chi connectivity index (χ2n) is 6.32. The largest absolute Gasteiger partial charge is 0.493 e. The van der Waals surface area contributed by atoms with Crippen LogP contribution < -0.4 is 24.3 Å². The molecule has 0 amide bonds. The van der Waals surface area contributed by atoms with E-state index in [0.29, 0.717) is 41.8 Å². The van der Waals surface area contributed by atoms with Gasteiger partial charge in [-0.3, -0.25) is 4.79 Å². The highest BCUT2D eigenvalue weighted by Gasteiger charge is 2.20. The molecule has 140 valence electrons. The van der Waals surface area contributed by atoms with Gasteiger partial charge in [0.2, 0.25) is 0 Å². The van der Waals surface area contributed by atoms with Crippen LogP contribution in [0.2, 0.25) is 0 Å². The summed E-state index contributed by atoms with van der Waals surface area (Å²) in [5.41, 5.74) is 3.40. The van der Waals surface area contributed by atoms with Crippen molar-refractivity contribution in [3.8, 4) is 23.0 Å². The molecule has 6 heteroatoms. The average Bonchev–Trinajstić information content (AvgIpc) is 2.72. The summed E-state index contributed by atoms with van der Waals surface area (Å²) in [4.78, 5) is 12.8. The Kier molecular flexibility index (Phi) is 4.62. The van der Waals surface area contributed by atoms with Crippen molar-refractivity contribution in [3.63, 3.8) is 0 Å². The van der Waals surface area contributed by atoms with Crippen LogP contribution in [0.25, 0.3) is 5.70 Å². The molecular weight excluding hydrogens is 346 g/mol. The number of hydrogen-bond acceptors (Lipinski definition) is 6. The lowest BCUT2D eigenvalue weighted by Crippen LogP contribution is -2.23. The molecule has 4 rings (SSSR count). The van der Waals surface area contributed by atoms with E-state index < -0.39 is 0 Å². The lowest BCUT2D eigenvalue weighted by molar-refractivity contribution is 0.104. The van der Waals surface area contributed by atoms with E-state index in [9.17, 15) is 4.79 Å². The Balaban J connectivity index is 1.68. The van der Waals surface area contributed by atoms with Gasteiger partial charge in [0.1, 0.15) is 13.2 Å². The third kappa shape index (κ3) is 3.30. The maximum Gasteiger partial charge on any atom is 0.188 e. The van der Waals surface area contributed by atoms with Crippen molar-refractivity contribution >= 4 is 11.5 Å². The van der Waals surface area contributed by atoms with Gasteiger partial charge in [0.15, 0.2) is 28.8 Å². The molecule has 0 unspecified atom stereocenters. The van der Waals surface area contributed by atoms with E-state index in [-0.39, 0.29) is 5.78 Å². The molecule has 6 nitrogen and oxygen atoms in total. The summed E-state index contributed by atoms with van der Waals surface area (Å²) in [5, 5.41) is 3.32. The lowest BCUT2D eigenvalue weighted by atomic mass is 9.95. The van der Waals surface area contributed by atoms with Gasteiger partial charge in [-0.2, -0.15) is 0 Å². The number of ketones is 1. The van der Waals surface area contributed by atoms with Gasteiger partial charge in [-0.05, 0) is 42.3 Å². The van der Waals surface area contributed by atoms with Crippen LogP contribution in [-0.2, 0) is 6.42 Å². The molecule has 2 aliphatic heterocycles. The van der Waals surface area contributed by atoms with Gasteiger partial charge in [-0.1, -0.05) is 0 Å². The molecule has 0 saturated heterocycles.